The van der Waals surface area contributed by atoms with Crippen LogP contribution in [0, 0.1) is 28.9 Å². The molecule has 0 saturated carbocycles. The fourth-order valence-electron chi connectivity index (χ4n) is 6.79. The summed E-state index contributed by atoms with van der Waals surface area (Å²) in [4.78, 5) is 47.4. The summed E-state index contributed by atoms with van der Waals surface area (Å²) in [5, 5.41) is 9.35. The van der Waals surface area contributed by atoms with Crippen LogP contribution in [0.1, 0.15) is 145 Å². The molecule has 0 aromatic heterocycles. The predicted molar refractivity (Wildman–Crippen MR) is 278 cm³/mol. The molecule has 0 bridgehead atoms. The van der Waals surface area contributed by atoms with Crippen LogP contribution in [0.5, 0.6) is 0 Å². The Labute approximate surface area is 391 Å². The van der Waals surface area contributed by atoms with Crippen LogP contribution in [-0.2, 0) is 17.3 Å². The van der Waals surface area contributed by atoms with E-state index in [1.807, 2.05) is 60.5 Å². The molecule has 4 aromatic rings. The topological polar surface area (TPSA) is 186 Å². The highest BCUT2D eigenvalue weighted by atomic mass is 32.1. The predicted octanol–water partition coefficient (Wildman–Crippen LogP) is 9.17. The first-order valence-corrected chi connectivity index (χ1v) is 23.4. The Kier molecular flexibility index (Phi) is 22.3. The van der Waals surface area contributed by atoms with Gasteiger partial charge in [-0.3, -0.25) is 19.2 Å². The van der Waals surface area contributed by atoms with Crippen LogP contribution in [0.3, 0.4) is 0 Å². The van der Waals surface area contributed by atoms with E-state index >= 15 is 0 Å². The zero-order valence-electron chi connectivity index (χ0n) is 40.1. The van der Waals surface area contributed by atoms with Gasteiger partial charge in [-0.05, 0) is 60.8 Å². The van der Waals surface area contributed by atoms with Gasteiger partial charge in [0.15, 0.2) is 0 Å². The molecule has 0 fully saturated rings. The largest absolute Gasteiger partial charge is 0.395 e. The van der Waals surface area contributed by atoms with E-state index in [9.17, 15) is 19.2 Å². The van der Waals surface area contributed by atoms with Crippen LogP contribution in [-0.4, -0.2) is 46.8 Å². The highest BCUT2D eigenvalue weighted by Crippen LogP contribution is 2.31. The molecule has 0 unspecified atom stereocenters. The van der Waals surface area contributed by atoms with Crippen molar-refractivity contribution in [3.05, 3.63) is 75.6 Å². The molecular weight excluding hydrogens is 855 g/mol. The highest BCUT2D eigenvalue weighted by Gasteiger charge is 2.29. The van der Waals surface area contributed by atoms with Crippen molar-refractivity contribution < 1.29 is 0 Å². The van der Waals surface area contributed by atoms with Crippen molar-refractivity contribution in [1.29, 1.82) is 0 Å². The third-order valence-corrected chi connectivity index (χ3v) is 11.9. The molecule has 0 radical (unpaired) electrons. The zero-order valence-corrected chi connectivity index (χ0v) is 43.4. The van der Waals surface area contributed by atoms with Gasteiger partial charge in [0.25, 0.3) is 0 Å². The monoisotopic (exact) mass is 931 g/mol. The SMILES string of the molecule is CC(C)(C)CCCCCc1c(N)c(=O)c1=S.CC(C)(C)c1c(NCCN)c(=S)c1=O.CN(CCCCC(C)(C)C)c1c(N)c(=O)c1=S.CNCCNc1c(C(C)(C)C)c(=O)c1=S. The Hall–Kier alpha value is -3.08. The second-order valence-corrected chi connectivity index (χ2v) is 22.2. The number of nitrogens with two attached hydrogens (primary N) is 3. The zero-order chi connectivity index (χ0) is 48.1. The van der Waals surface area contributed by atoms with Crippen LogP contribution < -0.4 is 59.8 Å². The van der Waals surface area contributed by atoms with Gasteiger partial charge in [0.05, 0.1) is 27.3 Å². The van der Waals surface area contributed by atoms with Crippen LogP contribution in [0.2, 0.25) is 0 Å². The lowest BCUT2D eigenvalue weighted by Crippen LogP contribution is -2.32. The maximum absolute atomic E-state index is 11.6. The molecule has 11 nitrogen and oxygen atoms in total. The third-order valence-electron chi connectivity index (χ3n) is 10.3. The van der Waals surface area contributed by atoms with Gasteiger partial charge in [0.2, 0.25) is 21.7 Å². The van der Waals surface area contributed by atoms with Crippen molar-refractivity contribution in [3.63, 3.8) is 0 Å². The van der Waals surface area contributed by atoms with Crippen molar-refractivity contribution in [2.75, 3.05) is 73.8 Å². The average molecular weight is 932 g/mol. The first-order valence-electron chi connectivity index (χ1n) is 21.7. The number of nitrogens with zero attached hydrogens (tertiary/aromatic N) is 1. The molecule has 0 spiro atoms. The third kappa shape index (κ3) is 16.8. The van der Waals surface area contributed by atoms with Gasteiger partial charge in [-0.2, -0.15) is 0 Å². The first kappa shape index (κ1) is 56.9. The van der Waals surface area contributed by atoms with Gasteiger partial charge in [-0.25, -0.2) is 0 Å². The molecule has 9 N–H and O–H groups in total. The first-order chi connectivity index (χ1) is 28.3. The van der Waals surface area contributed by atoms with Crippen LogP contribution in [0.15, 0.2) is 19.2 Å². The highest BCUT2D eigenvalue weighted by molar-refractivity contribution is 7.72. The molecule has 0 atom stereocenters. The van der Waals surface area contributed by atoms with E-state index in [0.717, 1.165) is 72.6 Å². The summed E-state index contributed by atoms with van der Waals surface area (Å²) in [5.41, 5.74) is 22.6. The van der Waals surface area contributed by atoms with Crippen molar-refractivity contribution in [2.24, 2.45) is 16.6 Å². The van der Waals surface area contributed by atoms with E-state index in [-0.39, 0.29) is 32.5 Å². The Morgan fingerprint density at radius 1 is 0.548 bits per heavy atom. The molecule has 0 heterocycles. The number of nitrogens with one attached hydrogen (secondary N) is 3. The normalized spacial score (nSPS) is 12.0. The molecule has 0 aliphatic carbocycles. The van der Waals surface area contributed by atoms with Crippen LogP contribution >= 0.6 is 48.9 Å². The van der Waals surface area contributed by atoms with Gasteiger partial charge in [-0.1, -0.05) is 151 Å². The Balaban J connectivity index is 0.000000414. The van der Waals surface area contributed by atoms with Crippen molar-refractivity contribution in [1.82, 2.24) is 5.32 Å². The minimum Gasteiger partial charge on any atom is -0.395 e. The molecule has 62 heavy (non-hydrogen) atoms. The van der Waals surface area contributed by atoms with Crippen molar-refractivity contribution >= 4 is 77.3 Å². The molecule has 0 aliphatic heterocycles. The summed E-state index contributed by atoms with van der Waals surface area (Å²) >= 11 is 20.0. The summed E-state index contributed by atoms with van der Waals surface area (Å²) in [6.07, 6.45) is 9.11. The second kappa shape index (κ2) is 24.3. The lowest BCUT2D eigenvalue weighted by atomic mass is 9.83. The Bertz CT molecular complexity index is 2340. The maximum Gasteiger partial charge on any atom is 0.223 e. The van der Waals surface area contributed by atoms with E-state index in [1.54, 1.807) is 0 Å². The van der Waals surface area contributed by atoms with Gasteiger partial charge < -0.3 is 38.1 Å². The number of hydrogen-bond acceptors (Lipinski definition) is 15. The standard InChI is InChI=1S/C13H22N2OS.C13H21NOS.C11H18N2OS.C10H16N2OS/c1-13(2,3)7-5-6-8-15(4)10-9(14)11(16)12(10)17;1-13(2,3)8-6-4-5-7-9-10(14)11(15)12(9)16;1-11(2,3)7-8(10(15)9(7)14)13-6-5-12-4;1-10(2,3)6-7(12-5-4-11)9(14)8(6)13/h5-8,14H2,1-4H3;4-8,14H2,1-3H3;12-13H,5-6H2,1-4H3;12H,4-5,11H2,1-3H3. The second-order valence-electron chi connectivity index (χ2n) is 20.6. The van der Waals surface area contributed by atoms with Gasteiger partial charge >= 0.3 is 0 Å². The van der Waals surface area contributed by atoms with Crippen molar-refractivity contribution in [2.45, 2.75) is 145 Å². The number of anilines is 5. The summed E-state index contributed by atoms with van der Waals surface area (Å²) in [5.74, 6) is 0. The molecule has 4 aromatic carbocycles. The number of nitrogen functional groups attached to an aromatic ring is 2. The Morgan fingerprint density at radius 2 is 0.984 bits per heavy atom. The van der Waals surface area contributed by atoms with Crippen molar-refractivity contribution in [3.8, 4) is 0 Å². The number of likely N-dealkylation sites (N-methyl/N-ethyl adjacent to an activating group) is 1. The number of unbranched alkanes of at least 4 members (excludes halogenated alkanes) is 3. The van der Waals surface area contributed by atoms with E-state index in [4.69, 9.17) is 66.1 Å². The summed E-state index contributed by atoms with van der Waals surface area (Å²) in [6, 6.07) is 0. The molecular formula is C47H77N7O4S4. The molecule has 0 amide bonds. The van der Waals surface area contributed by atoms with E-state index < -0.39 is 0 Å². The van der Waals surface area contributed by atoms with Gasteiger partial charge in [0.1, 0.15) is 19.2 Å². The fraction of sp³-hybridized carbons (Fsp3) is 0.660. The summed E-state index contributed by atoms with van der Waals surface area (Å²) < 4.78 is 1.73. The van der Waals surface area contributed by atoms with E-state index in [0.29, 0.717) is 53.3 Å². The smallest absolute Gasteiger partial charge is 0.223 e. The molecule has 15 heteroatoms. The lowest BCUT2D eigenvalue weighted by Gasteiger charge is -2.25. The average Bonchev–Trinajstić information content (AvgIpc) is 3.17. The van der Waals surface area contributed by atoms with E-state index in [2.05, 4.69) is 57.5 Å². The lowest BCUT2D eigenvalue weighted by molar-refractivity contribution is 0.358. The summed E-state index contributed by atoms with van der Waals surface area (Å²) in [6.45, 7) is 29.4. The maximum atomic E-state index is 11.6. The van der Waals surface area contributed by atoms with Crippen LogP contribution in [0.25, 0.3) is 0 Å². The van der Waals surface area contributed by atoms with Crippen LogP contribution in [0.4, 0.5) is 28.4 Å². The Morgan fingerprint density at radius 3 is 1.37 bits per heavy atom. The molecule has 4 rings (SSSR count). The quantitative estimate of drug-likeness (QED) is 0.0435. The molecule has 348 valence electrons. The molecule has 0 aliphatic rings. The minimum absolute atomic E-state index is 0.00650. The van der Waals surface area contributed by atoms with Gasteiger partial charge in [-0.15, -0.1) is 0 Å². The van der Waals surface area contributed by atoms with Gasteiger partial charge in [0, 0.05) is 56.5 Å². The summed E-state index contributed by atoms with van der Waals surface area (Å²) in [7, 11) is 3.84. The molecule has 0 saturated heterocycles. The minimum atomic E-state index is -0.170. The van der Waals surface area contributed by atoms with E-state index in [1.165, 1.54) is 32.1 Å². The fourth-order valence-corrected chi connectivity index (χ4v) is 8.04. The number of hydrogen-bond donors (Lipinski definition) is 6. The number of rotatable bonds is 17.